The topological polar surface area (TPSA) is 4.93 Å². The number of hydrogen-bond donors (Lipinski definition) is 0. The Balaban J connectivity index is 1.34. The third-order valence-corrected chi connectivity index (χ3v) is 14.7. The van der Waals surface area contributed by atoms with Gasteiger partial charge in [-0.15, -0.1) is 0 Å². The molecule has 0 aliphatic heterocycles. The van der Waals surface area contributed by atoms with E-state index in [4.69, 9.17) is 0 Å². The first-order valence-electron chi connectivity index (χ1n) is 16.6. The lowest BCUT2D eigenvalue weighted by molar-refractivity contribution is 1.18. The minimum absolute atomic E-state index is 1.13. The molecule has 230 valence electrons. The van der Waals surface area contributed by atoms with E-state index in [1.165, 1.54) is 70.5 Å². The van der Waals surface area contributed by atoms with Crippen molar-refractivity contribution in [3.05, 3.63) is 193 Å². The Bertz CT molecular complexity index is 2280. The Morgan fingerprint density at radius 1 is 0.438 bits per heavy atom. The zero-order valence-corrected chi connectivity index (χ0v) is 28.4. The van der Waals surface area contributed by atoms with E-state index in [-0.39, 0.29) is 0 Å². The van der Waals surface area contributed by atoms with E-state index in [2.05, 4.69) is 195 Å². The van der Waals surface area contributed by atoms with Crippen molar-refractivity contribution in [2.45, 2.75) is 13.8 Å². The highest BCUT2D eigenvalue weighted by molar-refractivity contribution is 7.19. The van der Waals surface area contributed by atoms with Crippen molar-refractivity contribution in [3.63, 3.8) is 0 Å². The van der Waals surface area contributed by atoms with Crippen molar-refractivity contribution in [2.24, 2.45) is 0 Å². The predicted molar refractivity (Wildman–Crippen MR) is 209 cm³/mol. The highest BCUT2D eigenvalue weighted by Gasteiger charge is 2.41. The monoisotopic (exact) mass is 631 g/mol. The minimum atomic E-state index is -2.72. The average molecular weight is 632 g/mol. The van der Waals surface area contributed by atoms with Crippen LogP contribution in [0.25, 0.3) is 44.7 Å². The molecule has 8 aromatic rings. The fourth-order valence-corrected chi connectivity index (χ4v) is 12.1. The highest BCUT2D eigenvalue weighted by Crippen LogP contribution is 2.31. The van der Waals surface area contributed by atoms with Crippen molar-refractivity contribution in [3.8, 4) is 16.8 Å². The van der Waals surface area contributed by atoms with Crippen LogP contribution in [0.1, 0.15) is 16.7 Å². The number of fused-ring (bicyclic) bond motifs is 3. The molecule has 0 saturated heterocycles. The van der Waals surface area contributed by atoms with Crippen molar-refractivity contribution >= 4 is 56.7 Å². The summed E-state index contributed by atoms with van der Waals surface area (Å²) in [4.78, 5) is 0. The van der Waals surface area contributed by atoms with Crippen LogP contribution < -0.4 is 20.7 Å². The minimum Gasteiger partial charge on any atom is -0.309 e. The molecule has 0 fully saturated rings. The molecule has 7 aromatic carbocycles. The van der Waals surface area contributed by atoms with Gasteiger partial charge >= 0.3 is 0 Å². The Morgan fingerprint density at radius 3 is 1.25 bits per heavy atom. The van der Waals surface area contributed by atoms with Gasteiger partial charge in [0.05, 0.1) is 11.0 Å². The molecule has 1 nitrogen and oxygen atoms in total. The summed E-state index contributed by atoms with van der Waals surface area (Å²) >= 11 is 0. The summed E-state index contributed by atoms with van der Waals surface area (Å²) in [7, 11) is -2.72. The molecule has 0 atom stereocenters. The van der Waals surface area contributed by atoms with Crippen LogP contribution in [0.3, 0.4) is 0 Å². The van der Waals surface area contributed by atoms with Crippen LogP contribution in [0.15, 0.2) is 176 Å². The first kappa shape index (κ1) is 29.7. The van der Waals surface area contributed by atoms with Crippen LogP contribution in [-0.2, 0) is 0 Å². The van der Waals surface area contributed by atoms with Gasteiger partial charge in [0.15, 0.2) is 8.07 Å². The van der Waals surface area contributed by atoms with Gasteiger partial charge in [0.2, 0.25) is 0 Å². The summed E-state index contributed by atoms with van der Waals surface area (Å²) in [5, 5.41) is 8.04. The molecule has 2 heteroatoms. The van der Waals surface area contributed by atoms with Crippen LogP contribution in [0, 0.1) is 13.8 Å². The van der Waals surface area contributed by atoms with Crippen LogP contribution >= 0.6 is 0 Å². The lowest BCUT2D eigenvalue weighted by Crippen LogP contribution is -2.74. The average Bonchev–Trinajstić information content (AvgIpc) is 3.48. The van der Waals surface area contributed by atoms with Crippen LogP contribution in [-0.4, -0.2) is 12.6 Å². The zero-order chi connectivity index (χ0) is 32.7. The second-order valence-electron chi connectivity index (χ2n) is 12.8. The number of nitrogens with zero attached hydrogens (tertiary/aromatic N) is 1. The van der Waals surface area contributed by atoms with Gasteiger partial charge in [0, 0.05) is 16.5 Å². The Labute approximate surface area is 284 Å². The lowest BCUT2D eigenvalue weighted by Gasteiger charge is -2.35. The first-order valence-corrected chi connectivity index (χ1v) is 18.6. The molecular formula is C46H37NSi. The van der Waals surface area contributed by atoms with Crippen molar-refractivity contribution < 1.29 is 0 Å². The summed E-state index contributed by atoms with van der Waals surface area (Å²) in [6.45, 7) is 8.26. The number of benzene rings is 7. The third-order valence-electron chi connectivity index (χ3n) is 9.91. The second kappa shape index (κ2) is 12.1. The van der Waals surface area contributed by atoms with Gasteiger partial charge in [-0.1, -0.05) is 169 Å². The van der Waals surface area contributed by atoms with Crippen molar-refractivity contribution in [1.29, 1.82) is 0 Å². The number of hydrogen-bond acceptors (Lipinski definition) is 0. The van der Waals surface area contributed by atoms with Crippen LogP contribution in [0.4, 0.5) is 0 Å². The molecule has 0 saturated carbocycles. The number of rotatable bonds is 7. The summed E-state index contributed by atoms with van der Waals surface area (Å²) in [6, 6.07) is 63.4. The standard InChI is InChI=1S/C46H37NSi/c1-4-35-17-19-36(20-18-35)37-21-29-41(30-22-37)48(39-25-13-33(2)14-26-39,40-27-15-34(3)16-28-40)42-31-23-38(24-32-42)47-45-11-7-5-9-43(45)44-10-6-8-12-46(44)47/h4-32H,1H2,2-3H3. The maximum absolute atomic E-state index is 3.92. The van der Waals surface area contributed by atoms with Crippen LogP contribution in [0.2, 0.25) is 0 Å². The van der Waals surface area contributed by atoms with E-state index in [1.54, 1.807) is 0 Å². The molecule has 48 heavy (non-hydrogen) atoms. The molecule has 0 unspecified atom stereocenters. The lowest BCUT2D eigenvalue weighted by atomic mass is 10.0. The quantitative estimate of drug-likeness (QED) is 0.122. The maximum Gasteiger partial charge on any atom is 0.179 e. The number of aryl methyl sites for hydroxylation is 2. The van der Waals surface area contributed by atoms with Crippen molar-refractivity contribution in [1.82, 2.24) is 4.57 Å². The van der Waals surface area contributed by atoms with E-state index in [1.807, 2.05) is 6.08 Å². The van der Waals surface area contributed by atoms with Crippen LogP contribution in [0.5, 0.6) is 0 Å². The molecule has 0 radical (unpaired) electrons. The fourth-order valence-electron chi connectivity index (χ4n) is 7.39. The van der Waals surface area contributed by atoms with E-state index in [9.17, 15) is 0 Å². The van der Waals surface area contributed by atoms with Gasteiger partial charge in [-0.25, -0.2) is 0 Å². The molecule has 0 aliphatic rings. The van der Waals surface area contributed by atoms with Gasteiger partial charge in [-0.2, -0.15) is 0 Å². The molecule has 0 bridgehead atoms. The van der Waals surface area contributed by atoms with Gasteiger partial charge in [0.25, 0.3) is 0 Å². The van der Waals surface area contributed by atoms with E-state index in [0.717, 1.165) is 5.56 Å². The molecule has 0 amide bonds. The number of para-hydroxylation sites is 2. The van der Waals surface area contributed by atoms with E-state index < -0.39 is 8.07 Å². The fraction of sp³-hybridized carbons (Fsp3) is 0.0435. The normalized spacial score (nSPS) is 11.6. The maximum atomic E-state index is 3.92. The molecule has 0 N–H and O–H groups in total. The predicted octanol–water partition coefficient (Wildman–Crippen LogP) is 9.09. The van der Waals surface area contributed by atoms with Gasteiger partial charge in [-0.3, -0.25) is 0 Å². The molecule has 0 spiro atoms. The zero-order valence-electron chi connectivity index (χ0n) is 27.4. The van der Waals surface area contributed by atoms with Gasteiger partial charge < -0.3 is 4.57 Å². The summed E-state index contributed by atoms with van der Waals surface area (Å²) < 4.78 is 2.40. The smallest absolute Gasteiger partial charge is 0.179 e. The highest BCUT2D eigenvalue weighted by atomic mass is 28.3. The Hall–Kier alpha value is -5.70. The summed E-state index contributed by atoms with van der Waals surface area (Å²) in [5.41, 5.74) is 9.71. The van der Waals surface area contributed by atoms with E-state index in [0.29, 0.717) is 0 Å². The molecule has 1 aromatic heterocycles. The van der Waals surface area contributed by atoms with E-state index >= 15 is 0 Å². The molecule has 1 heterocycles. The van der Waals surface area contributed by atoms with Gasteiger partial charge in [-0.05, 0) is 75.6 Å². The first-order chi connectivity index (χ1) is 23.6. The molecular weight excluding hydrogens is 595 g/mol. The van der Waals surface area contributed by atoms with Gasteiger partial charge in [0.1, 0.15) is 0 Å². The Kier molecular flexibility index (Phi) is 7.51. The van der Waals surface area contributed by atoms with Crippen molar-refractivity contribution in [2.75, 3.05) is 0 Å². The Morgan fingerprint density at radius 2 is 0.812 bits per heavy atom. The largest absolute Gasteiger partial charge is 0.309 e. The number of aromatic nitrogens is 1. The SMILES string of the molecule is C=Cc1ccc(-c2ccc([Si](c3ccc(C)cc3)(c3ccc(C)cc3)c3ccc(-n4c5ccccc5c5ccccc54)cc3)cc2)cc1. The molecule has 0 aliphatic carbocycles. The summed E-state index contributed by atoms with van der Waals surface area (Å²) in [6.07, 6.45) is 1.89. The molecule has 8 rings (SSSR count). The summed E-state index contributed by atoms with van der Waals surface area (Å²) in [5.74, 6) is 0. The second-order valence-corrected chi connectivity index (χ2v) is 16.6. The third kappa shape index (κ3) is 4.93.